The van der Waals surface area contributed by atoms with Crippen LogP contribution >= 0.6 is 0 Å². The van der Waals surface area contributed by atoms with Gasteiger partial charge in [-0.1, -0.05) is 31.4 Å². The van der Waals surface area contributed by atoms with Crippen molar-refractivity contribution >= 4 is 11.8 Å². The fourth-order valence-electron chi connectivity index (χ4n) is 3.45. The van der Waals surface area contributed by atoms with Gasteiger partial charge in [0.15, 0.2) is 0 Å². The van der Waals surface area contributed by atoms with Crippen molar-refractivity contribution in [2.75, 3.05) is 13.2 Å². The zero-order valence-electron chi connectivity index (χ0n) is 16.6. The molecule has 6 heteroatoms. The molecule has 2 amide bonds. The Kier molecular flexibility index (Phi) is 8.10. The van der Waals surface area contributed by atoms with Crippen LogP contribution in [0.1, 0.15) is 70.4 Å². The number of hydrogen-bond donors (Lipinski definition) is 3. The number of rotatable bonds is 9. The summed E-state index contributed by atoms with van der Waals surface area (Å²) >= 11 is 0. The van der Waals surface area contributed by atoms with E-state index in [4.69, 9.17) is 10.5 Å². The fourth-order valence-corrected chi connectivity index (χ4v) is 3.45. The van der Waals surface area contributed by atoms with Gasteiger partial charge in [-0.3, -0.25) is 9.59 Å². The van der Waals surface area contributed by atoms with Crippen LogP contribution in [0, 0.1) is 0 Å². The summed E-state index contributed by atoms with van der Waals surface area (Å²) in [6.07, 6.45) is 5.64. The van der Waals surface area contributed by atoms with E-state index in [0.717, 1.165) is 43.4 Å². The van der Waals surface area contributed by atoms with Crippen LogP contribution in [0.3, 0.4) is 0 Å². The number of hydrogen-bond acceptors (Lipinski definition) is 4. The second-order valence-corrected chi connectivity index (χ2v) is 7.37. The van der Waals surface area contributed by atoms with E-state index in [1.165, 1.54) is 0 Å². The summed E-state index contributed by atoms with van der Waals surface area (Å²) in [5, 5.41) is 5.88. The molecule has 1 unspecified atom stereocenters. The summed E-state index contributed by atoms with van der Waals surface area (Å²) in [7, 11) is 0. The Labute approximate surface area is 162 Å². The molecular weight excluding hydrogens is 342 g/mol. The molecule has 0 spiro atoms. The quantitative estimate of drug-likeness (QED) is 0.579. The first-order valence-electron chi connectivity index (χ1n) is 10.0. The van der Waals surface area contributed by atoms with Gasteiger partial charge in [-0.15, -0.1) is 0 Å². The Morgan fingerprint density at radius 3 is 2.48 bits per heavy atom. The molecule has 4 N–H and O–H groups in total. The van der Waals surface area contributed by atoms with E-state index in [1.807, 2.05) is 38.1 Å². The van der Waals surface area contributed by atoms with Crippen LogP contribution in [0.15, 0.2) is 24.3 Å². The van der Waals surface area contributed by atoms with E-state index in [0.29, 0.717) is 26.0 Å². The van der Waals surface area contributed by atoms with Crippen LogP contribution in [-0.4, -0.2) is 30.5 Å². The van der Waals surface area contributed by atoms with E-state index < -0.39 is 5.54 Å². The van der Waals surface area contributed by atoms with Gasteiger partial charge >= 0.3 is 0 Å². The van der Waals surface area contributed by atoms with E-state index in [2.05, 4.69) is 10.6 Å². The van der Waals surface area contributed by atoms with Crippen LogP contribution in [-0.2, 0) is 9.59 Å². The molecule has 1 fully saturated rings. The van der Waals surface area contributed by atoms with Crippen molar-refractivity contribution in [2.24, 2.45) is 5.73 Å². The Bertz CT molecular complexity index is 610. The molecule has 0 heterocycles. The molecular formula is C21H33N3O3. The zero-order chi connectivity index (χ0) is 19.7. The van der Waals surface area contributed by atoms with Gasteiger partial charge in [-0.2, -0.15) is 0 Å². The summed E-state index contributed by atoms with van der Waals surface area (Å²) in [4.78, 5) is 24.4. The molecule has 6 nitrogen and oxygen atoms in total. The van der Waals surface area contributed by atoms with Gasteiger partial charge in [-0.05, 0) is 50.8 Å². The zero-order valence-corrected chi connectivity index (χ0v) is 16.6. The predicted molar refractivity (Wildman–Crippen MR) is 106 cm³/mol. The summed E-state index contributed by atoms with van der Waals surface area (Å²) in [5.74, 6) is 0.724. The number of ether oxygens (including phenoxy) is 1. The van der Waals surface area contributed by atoms with Crippen molar-refractivity contribution < 1.29 is 14.3 Å². The molecule has 2 rings (SSSR count). The number of carbonyl (C=O) groups is 2. The lowest BCUT2D eigenvalue weighted by Crippen LogP contribution is -2.55. The summed E-state index contributed by atoms with van der Waals surface area (Å²) < 4.78 is 5.43. The van der Waals surface area contributed by atoms with E-state index >= 15 is 0 Å². The largest absolute Gasteiger partial charge is 0.494 e. The van der Waals surface area contributed by atoms with Crippen molar-refractivity contribution in [1.29, 1.82) is 0 Å². The second-order valence-electron chi connectivity index (χ2n) is 7.37. The maximum absolute atomic E-state index is 12.3. The summed E-state index contributed by atoms with van der Waals surface area (Å²) in [6, 6.07) is 7.66. The van der Waals surface area contributed by atoms with Crippen molar-refractivity contribution in [3.63, 3.8) is 0 Å². The highest BCUT2D eigenvalue weighted by atomic mass is 16.5. The van der Waals surface area contributed by atoms with Gasteiger partial charge in [0.1, 0.15) is 5.75 Å². The number of benzene rings is 1. The van der Waals surface area contributed by atoms with Crippen molar-refractivity contribution in [1.82, 2.24) is 10.6 Å². The molecule has 1 atom stereocenters. The molecule has 1 aliphatic carbocycles. The lowest BCUT2D eigenvalue weighted by atomic mass is 9.82. The fraction of sp³-hybridized carbons (Fsp3) is 0.619. The highest BCUT2D eigenvalue weighted by molar-refractivity contribution is 5.86. The predicted octanol–water partition coefficient (Wildman–Crippen LogP) is 2.82. The topological polar surface area (TPSA) is 93.5 Å². The van der Waals surface area contributed by atoms with Crippen molar-refractivity contribution in [3.05, 3.63) is 29.8 Å². The Morgan fingerprint density at radius 1 is 1.19 bits per heavy atom. The standard InChI is InChI=1S/C21H33N3O3/c1-3-27-18-11-9-17(10-12-18)16(2)24-19(25)8-7-15-23-20(26)21(22)13-5-4-6-14-21/h9-12,16H,3-8,13-15,22H2,1-2H3,(H,23,26)(H,24,25). The minimum absolute atomic E-state index is 0.0224. The highest BCUT2D eigenvalue weighted by Crippen LogP contribution is 2.25. The first-order chi connectivity index (χ1) is 12.9. The SMILES string of the molecule is CCOc1ccc(C(C)NC(=O)CCCNC(=O)C2(N)CCCCC2)cc1. The summed E-state index contributed by atoms with van der Waals surface area (Å²) in [6.45, 7) is 5.01. The molecule has 0 saturated heterocycles. The second kappa shape index (κ2) is 10.3. The van der Waals surface area contributed by atoms with Gasteiger partial charge in [-0.25, -0.2) is 0 Å². The van der Waals surface area contributed by atoms with E-state index in [-0.39, 0.29) is 17.9 Å². The number of carbonyl (C=O) groups excluding carboxylic acids is 2. The maximum atomic E-state index is 12.3. The van der Waals surface area contributed by atoms with Gasteiger partial charge in [0.2, 0.25) is 11.8 Å². The first-order valence-corrected chi connectivity index (χ1v) is 10.0. The lowest BCUT2D eigenvalue weighted by Gasteiger charge is -2.31. The minimum atomic E-state index is -0.720. The van der Waals surface area contributed by atoms with Crippen molar-refractivity contribution in [3.8, 4) is 5.75 Å². The summed E-state index contributed by atoms with van der Waals surface area (Å²) in [5.41, 5.74) is 6.51. The number of amides is 2. The Balaban J connectivity index is 1.67. The molecule has 0 aromatic heterocycles. The van der Waals surface area contributed by atoms with E-state index in [1.54, 1.807) is 0 Å². The van der Waals surface area contributed by atoms with Gasteiger partial charge in [0.25, 0.3) is 0 Å². The molecule has 0 bridgehead atoms. The van der Waals surface area contributed by atoms with Crippen LogP contribution in [0.5, 0.6) is 5.75 Å². The molecule has 0 radical (unpaired) electrons. The third kappa shape index (κ3) is 6.54. The molecule has 1 aliphatic rings. The Hall–Kier alpha value is -2.08. The van der Waals surface area contributed by atoms with Gasteiger partial charge in [0, 0.05) is 13.0 Å². The van der Waals surface area contributed by atoms with Crippen LogP contribution in [0.2, 0.25) is 0 Å². The van der Waals surface area contributed by atoms with Crippen LogP contribution in [0.4, 0.5) is 0 Å². The van der Waals surface area contributed by atoms with Crippen LogP contribution in [0.25, 0.3) is 0 Å². The third-order valence-corrected chi connectivity index (χ3v) is 5.13. The molecule has 150 valence electrons. The molecule has 1 saturated carbocycles. The average molecular weight is 376 g/mol. The van der Waals surface area contributed by atoms with Gasteiger partial charge in [0.05, 0.1) is 18.2 Å². The Morgan fingerprint density at radius 2 is 1.85 bits per heavy atom. The van der Waals surface area contributed by atoms with Gasteiger partial charge < -0.3 is 21.1 Å². The smallest absolute Gasteiger partial charge is 0.240 e. The van der Waals surface area contributed by atoms with Crippen LogP contribution < -0.4 is 21.1 Å². The minimum Gasteiger partial charge on any atom is -0.494 e. The average Bonchev–Trinajstić information content (AvgIpc) is 2.66. The van der Waals surface area contributed by atoms with E-state index in [9.17, 15) is 9.59 Å². The highest BCUT2D eigenvalue weighted by Gasteiger charge is 2.34. The van der Waals surface area contributed by atoms with Crippen molar-refractivity contribution in [2.45, 2.75) is 70.4 Å². The normalized spacial score (nSPS) is 17.0. The monoisotopic (exact) mass is 375 g/mol. The lowest BCUT2D eigenvalue weighted by molar-refractivity contribution is -0.128. The maximum Gasteiger partial charge on any atom is 0.240 e. The molecule has 1 aromatic carbocycles. The number of nitrogens with two attached hydrogens (primary N) is 1. The third-order valence-electron chi connectivity index (χ3n) is 5.13. The molecule has 0 aliphatic heterocycles. The number of nitrogens with one attached hydrogen (secondary N) is 2. The first kappa shape index (κ1) is 21.2. The molecule has 27 heavy (non-hydrogen) atoms. The molecule has 1 aromatic rings.